The SMILES string of the molecule is C[C@H]1COC[C@@H]2CCCN2C1=O. The van der Waals surface area contributed by atoms with Crippen molar-refractivity contribution in [3.05, 3.63) is 0 Å². The Morgan fingerprint density at radius 1 is 1.50 bits per heavy atom. The molecule has 0 aromatic carbocycles. The van der Waals surface area contributed by atoms with Gasteiger partial charge in [-0.05, 0) is 12.8 Å². The molecular formula is C9H15NO2. The highest BCUT2D eigenvalue weighted by Gasteiger charge is 2.33. The Labute approximate surface area is 72.7 Å². The van der Waals surface area contributed by atoms with Crippen molar-refractivity contribution >= 4 is 5.91 Å². The summed E-state index contributed by atoms with van der Waals surface area (Å²) in [6.07, 6.45) is 2.27. The summed E-state index contributed by atoms with van der Waals surface area (Å²) in [5.74, 6) is 0.350. The van der Waals surface area contributed by atoms with Crippen LogP contribution in [0.4, 0.5) is 0 Å². The summed E-state index contributed by atoms with van der Waals surface area (Å²) in [5.41, 5.74) is 0. The van der Waals surface area contributed by atoms with E-state index >= 15 is 0 Å². The van der Waals surface area contributed by atoms with Gasteiger partial charge in [0.25, 0.3) is 0 Å². The molecule has 2 aliphatic heterocycles. The van der Waals surface area contributed by atoms with Crippen LogP contribution >= 0.6 is 0 Å². The quantitative estimate of drug-likeness (QED) is 0.532. The van der Waals surface area contributed by atoms with Crippen LogP contribution in [0, 0.1) is 5.92 Å². The number of fused-ring (bicyclic) bond motifs is 1. The summed E-state index contributed by atoms with van der Waals surface area (Å²) in [6, 6.07) is 0.377. The van der Waals surface area contributed by atoms with Crippen LogP contribution in [0.3, 0.4) is 0 Å². The molecule has 12 heavy (non-hydrogen) atoms. The molecule has 0 bridgehead atoms. The monoisotopic (exact) mass is 169 g/mol. The number of nitrogens with zero attached hydrogens (tertiary/aromatic N) is 1. The van der Waals surface area contributed by atoms with E-state index in [2.05, 4.69) is 0 Å². The molecule has 2 heterocycles. The minimum atomic E-state index is 0.0631. The van der Waals surface area contributed by atoms with Crippen LogP contribution in [0.15, 0.2) is 0 Å². The van der Waals surface area contributed by atoms with Crippen molar-refractivity contribution in [2.75, 3.05) is 19.8 Å². The van der Waals surface area contributed by atoms with Crippen LogP contribution in [-0.2, 0) is 9.53 Å². The van der Waals surface area contributed by atoms with Gasteiger partial charge in [-0.3, -0.25) is 4.79 Å². The molecule has 0 radical (unpaired) electrons. The van der Waals surface area contributed by atoms with Crippen molar-refractivity contribution in [2.45, 2.75) is 25.8 Å². The highest BCUT2D eigenvalue weighted by atomic mass is 16.5. The first-order chi connectivity index (χ1) is 5.79. The normalized spacial score (nSPS) is 36.4. The van der Waals surface area contributed by atoms with E-state index in [1.54, 1.807) is 0 Å². The van der Waals surface area contributed by atoms with Gasteiger partial charge in [-0.2, -0.15) is 0 Å². The van der Waals surface area contributed by atoms with Crippen LogP contribution in [0.1, 0.15) is 19.8 Å². The lowest BCUT2D eigenvalue weighted by Gasteiger charge is -2.22. The van der Waals surface area contributed by atoms with Crippen molar-refractivity contribution < 1.29 is 9.53 Å². The third-order valence-corrected chi connectivity index (χ3v) is 2.76. The van der Waals surface area contributed by atoms with Gasteiger partial charge in [-0.1, -0.05) is 6.92 Å². The minimum Gasteiger partial charge on any atom is -0.379 e. The van der Waals surface area contributed by atoms with Crippen LogP contribution in [-0.4, -0.2) is 36.6 Å². The maximum absolute atomic E-state index is 11.7. The van der Waals surface area contributed by atoms with E-state index in [1.807, 2.05) is 11.8 Å². The molecule has 0 saturated carbocycles. The number of hydrogen-bond acceptors (Lipinski definition) is 2. The van der Waals surface area contributed by atoms with E-state index in [-0.39, 0.29) is 11.8 Å². The van der Waals surface area contributed by atoms with Crippen LogP contribution < -0.4 is 0 Å². The van der Waals surface area contributed by atoms with Gasteiger partial charge in [0.05, 0.1) is 25.2 Å². The minimum absolute atomic E-state index is 0.0631. The predicted octanol–water partition coefficient (Wildman–Crippen LogP) is 0.644. The summed E-state index contributed by atoms with van der Waals surface area (Å²) in [6.45, 7) is 4.24. The van der Waals surface area contributed by atoms with Gasteiger partial charge in [-0.25, -0.2) is 0 Å². The third-order valence-electron chi connectivity index (χ3n) is 2.76. The van der Waals surface area contributed by atoms with Gasteiger partial charge in [0.15, 0.2) is 0 Å². The van der Waals surface area contributed by atoms with Crippen molar-refractivity contribution in [3.63, 3.8) is 0 Å². The maximum atomic E-state index is 11.7. The molecule has 3 nitrogen and oxygen atoms in total. The van der Waals surface area contributed by atoms with Crippen molar-refractivity contribution in [1.29, 1.82) is 0 Å². The number of amides is 1. The van der Waals surface area contributed by atoms with E-state index in [9.17, 15) is 4.79 Å². The standard InChI is InChI=1S/C9H15NO2/c1-7-5-12-6-8-3-2-4-10(8)9(7)11/h7-8H,2-6H2,1H3/t7-,8-/m0/s1. The lowest BCUT2D eigenvalue weighted by molar-refractivity contribution is -0.134. The zero-order valence-corrected chi connectivity index (χ0v) is 7.45. The Kier molecular flexibility index (Phi) is 2.05. The molecule has 0 aromatic rings. The largest absolute Gasteiger partial charge is 0.379 e. The summed E-state index contributed by atoms with van der Waals surface area (Å²) < 4.78 is 5.43. The Balaban J connectivity index is 2.13. The first-order valence-electron chi connectivity index (χ1n) is 4.67. The first kappa shape index (κ1) is 8.05. The average Bonchev–Trinajstić information content (AvgIpc) is 2.46. The Morgan fingerprint density at radius 2 is 2.33 bits per heavy atom. The maximum Gasteiger partial charge on any atom is 0.228 e. The van der Waals surface area contributed by atoms with E-state index < -0.39 is 0 Å². The zero-order chi connectivity index (χ0) is 8.55. The van der Waals surface area contributed by atoms with Gasteiger partial charge in [-0.15, -0.1) is 0 Å². The van der Waals surface area contributed by atoms with Gasteiger partial charge >= 0.3 is 0 Å². The molecule has 2 rings (SSSR count). The van der Waals surface area contributed by atoms with Crippen molar-refractivity contribution in [2.24, 2.45) is 5.92 Å². The predicted molar refractivity (Wildman–Crippen MR) is 44.7 cm³/mol. The molecule has 0 spiro atoms. The number of hydrogen-bond donors (Lipinski definition) is 0. The molecule has 2 aliphatic rings. The Morgan fingerprint density at radius 3 is 3.17 bits per heavy atom. The summed E-state index contributed by atoms with van der Waals surface area (Å²) >= 11 is 0. The number of carbonyl (C=O) groups is 1. The van der Waals surface area contributed by atoms with Crippen LogP contribution in [0.2, 0.25) is 0 Å². The molecule has 0 aliphatic carbocycles. The van der Waals surface area contributed by atoms with Gasteiger partial charge in [0, 0.05) is 6.54 Å². The van der Waals surface area contributed by atoms with Crippen molar-refractivity contribution in [1.82, 2.24) is 4.90 Å². The Bertz CT molecular complexity index is 193. The number of rotatable bonds is 0. The zero-order valence-electron chi connectivity index (χ0n) is 7.45. The fourth-order valence-corrected chi connectivity index (χ4v) is 2.03. The molecule has 0 N–H and O–H groups in total. The van der Waals surface area contributed by atoms with Crippen LogP contribution in [0.5, 0.6) is 0 Å². The highest BCUT2D eigenvalue weighted by molar-refractivity contribution is 5.79. The summed E-state index contributed by atoms with van der Waals surface area (Å²) in [5, 5.41) is 0. The second-order valence-electron chi connectivity index (χ2n) is 3.77. The summed E-state index contributed by atoms with van der Waals surface area (Å²) in [4.78, 5) is 13.7. The topological polar surface area (TPSA) is 29.5 Å². The molecule has 2 saturated heterocycles. The third kappa shape index (κ3) is 1.22. The van der Waals surface area contributed by atoms with E-state index in [1.165, 1.54) is 0 Å². The molecule has 0 aromatic heterocycles. The van der Waals surface area contributed by atoms with Gasteiger partial charge in [0.1, 0.15) is 0 Å². The van der Waals surface area contributed by atoms with E-state index in [0.29, 0.717) is 12.6 Å². The fraction of sp³-hybridized carbons (Fsp3) is 0.889. The second-order valence-corrected chi connectivity index (χ2v) is 3.77. The highest BCUT2D eigenvalue weighted by Crippen LogP contribution is 2.22. The molecular weight excluding hydrogens is 154 g/mol. The van der Waals surface area contributed by atoms with Gasteiger partial charge in [0.2, 0.25) is 5.91 Å². The second kappa shape index (κ2) is 3.05. The first-order valence-corrected chi connectivity index (χ1v) is 4.67. The summed E-state index contributed by atoms with van der Waals surface area (Å²) in [7, 11) is 0. The molecule has 3 heteroatoms. The van der Waals surface area contributed by atoms with Gasteiger partial charge < -0.3 is 9.64 Å². The van der Waals surface area contributed by atoms with E-state index in [0.717, 1.165) is 26.0 Å². The molecule has 68 valence electrons. The number of ether oxygens (including phenoxy) is 1. The lowest BCUT2D eigenvalue weighted by Crippen LogP contribution is -2.38. The molecule has 0 unspecified atom stereocenters. The Hall–Kier alpha value is -0.570. The number of carbonyl (C=O) groups excluding carboxylic acids is 1. The smallest absolute Gasteiger partial charge is 0.228 e. The fourth-order valence-electron chi connectivity index (χ4n) is 2.03. The van der Waals surface area contributed by atoms with Crippen LogP contribution in [0.25, 0.3) is 0 Å². The lowest BCUT2D eigenvalue weighted by atomic mass is 10.1. The molecule has 2 fully saturated rings. The molecule has 1 amide bonds. The average molecular weight is 169 g/mol. The van der Waals surface area contributed by atoms with E-state index in [4.69, 9.17) is 4.74 Å². The molecule has 2 atom stereocenters. The van der Waals surface area contributed by atoms with Crippen molar-refractivity contribution in [3.8, 4) is 0 Å².